The third-order valence-corrected chi connectivity index (χ3v) is 5.93. The molecule has 2 aromatic carbocycles. The van der Waals surface area contributed by atoms with Gasteiger partial charge in [-0.25, -0.2) is 0 Å². The van der Waals surface area contributed by atoms with Gasteiger partial charge in [-0.2, -0.15) is 0 Å². The second-order valence-corrected chi connectivity index (χ2v) is 7.75. The van der Waals surface area contributed by atoms with Gasteiger partial charge in [-0.3, -0.25) is 9.59 Å². The van der Waals surface area contributed by atoms with Crippen molar-refractivity contribution in [2.24, 2.45) is 0 Å². The van der Waals surface area contributed by atoms with Crippen LogP contribution in [0.5, 0.6) is 0 Å². The third kappa shape index (κ3) is 3.67. The number of para-hydroxylation sites is 1. The van der Waals surface area contributed by atoms with Gasteiger partial charge in [0.05, 0.1) is 17.8 Å². The van der Waals surface area contributed by atoms with Crippen molar-refractivity contribution in [3.63, 3.8) is 0 Å². The summed E-state index contributed by atoms with van der Waals surface area (Å²) in [6.07, 6.45) is 3.44. The Morgan fingerprint density at radius 1 is 1.03 bits per heavy atom. The summed E-state index contributed by atoms with van der Waals surface area (Å²) >= 11 is 0. The summed E-state index contributed by atoms with van der Waals surface area (Å²) in [7, 11) is 3.44. The van der Waals surface area contributed by atoms with E-state index in [0.29, 0.717) is 5.56 Å². The Morgan fingerprint density at radius 3 is 2.41 bits per heavy atom. The molecule has 0 unspecified atom stereocenters. The zero-order valence-corrected chi connectivity index (χ0v) is 17.1. The Hall–Kier alpha value is -3.02. The number of rotatable bonds is 4. The van der Waals surface area contributed by atoms with Crippen LogP contribution in [0.2, 0.25) is 0 Å². The molecule has 29 heavy (non-hydrogen) atoms. The number of hydrogen-bond acceptors (Lipinski definition) is 4. The zero-order chi connectivity index (χ0) is 20.4. The van der Waals surface area contributed by atoms with Gasteiger partial charge in [-0.1, -0.05) is 24.3 Å². The fraction of sp³-hybridized carbons (Fsp3) is 0.391. The van der Waals surface area contributed by atoms with Gasteiger partial charge < -0.3 is 20.0 Å². The van der Waals surface area contributed by atoms with Crippen LogP contribution in [0.15, 0.2) is 48.5 Å². The van der Waals surface area contributed by atoms with E-state index in [1.165, 1.54) is 24.9 Å². The van der Waals surface area contributed by atoms with Crippen molar-refractivity contribution in [2.75, 3.05) is 43.5 Å². The van der Waals surface area contributed by atoms with Crippen molar-refractivity contribution < 1.29 is 9.59 Å². The van der Waals surface area contributed by atoms with Crippen molar-refractivity contribution in [3.8, 4) is 0 Å². The Labute approximate surface area is 172 Å². The Kier molecular flexibility index (Phi) is 5.43. The first kappa shape index (κ1) is 19.3. The Balaban J connectivity index is 1.69. The van der Waals surface area contributed by atoms with Gasteiger partial charge >= 0.3 is 0 Å². The fourth-order valence-electron chi connectivity index (χ4n) is 4.37. The average molecular weight is 393 g/mol. The van der Waals surface area contributed by atoms with Crippen LogP contribution in [0, 0.1) is 0 Å². The summed E-state index contributed by atoms with van der Waals surface area (Å²) in [6, 6.07) is 15.9. The molecule has 0 saturated carbocycles. The lowest BCUT2D eigenvalue weighted by molar-refractivity contribution is -0.119. The summed E-state index contributed by atoms with van der Waals surface area (Å²) in [5.74, 6) is -0.114. The van der Waals surface area contributed by atoms with E-state index in [1.807, 2.05) is 29.2 Å². The number of carbonyl (C=O) groups is 2. The van der Waals surface area contributed by atoms with Gasteiger partial charge in [0.25, 0.3) is 5.91 Å². The van der Waals surface area contributed by atoms with E-state index in [4.69, 9.17) is 0 Å². The van der Waals surface area contributed by atoms with E-state index < -0.39 is 0 Å². The maximum absolute atomic E-state index is 13.0. The first-order valence-electron chi connectivity index (χ1n) is 10.3. The van der Waals surface area contributed by atoms with E-state index >= 15 is 0 Å². The molecule has 0 bridgehead atoms. The van der Waals surface area contributed by atoms with E-state index in [9.17, 15) is 9.59 Å². The number of fused-ring (bicyclic) bond motifs is 1. The SMILES string of the molecule is CNC(=O)CN1c2ccccc2C(=O)N(C)[C@@H]1c1ccc(N2CCCCC2)cc1. The van der Waals surface area contributed by atoms with E-state index in [0.717, 1.165) is 24.3 Å². The summed E-state index contributed by atoms with van der Waals surface area (Å²) in [6.45, 7) is 2.37. The fourth-order valence-corrected chi connectivity index (χ4v) is 4.37. The molecule has 2 amide bonds. The monoisotopic (exact) mass is 392 g/mol. The summed E-state index contributed by atoms with van der Waals surface area (Å²) in [5, 5.41) is 2.70. The average Bonchev–Trinajstić information content (AvgIpc) is 2.78. The number of carbonyl (C=O) groups excluding carboxylic acids is 2. The highest BCUT2D eigenvalue weighted by Crippen LogP contribution is 2.38. The maximum atomic E-state index is 13.0. The predicted octanol–water partition coefficient (Wildman–Crippen LogP) is 3.01. The number of amides is 2. The van der Waals surface area contributed by atoms with Crippen LogP contribution in [0.3, 0.4) is 0 Å². The highest BCUT2D eigenvalue weighted by atomic mass is 16.2. The highest BCUT2D eigenvalue weighted by molar-refractivity contribution is 6.02. The van der Waals surface area contributed by atoms with Gasteiger partial charge in [0.1, 0.15) is 6.17 Å². The number of hydrogen-bond donors (Lipinski definition) is 1. The van der Waals surface area contributed by atoms with Crippen molar-refractivity contribution in [3.05, 3.63) is 59.7 Å². The van der Waals surface area contributed by atoms with E-state index in [2.05, 4.69) is 34.5 Å². The standard InChI is InChI=1S/C23H28N4O2/c1-24-21(28)16-27-20-9-5-4-8-19(20)23(29)25(2)22(27)17-10-12-18(13-11-17)26-14-6-3-7-15-26/h4-5,8-13,22H,3,6-7,14-16H2,1-2H3,(H,24,28)/t22-/m0/s1. The number of benzene rings is 2. The first-order chi connectivity index (χ1) is 14.1. The summed E-state index contributed by atoms with van der Waals surface area (Å²) < 4.78 is 0. The van der Waals surface area contributed by atoms with Crippen LogP contribution in [0.4, 0.5) is 11.4 Å². The van der Waals surface area contributed by atoms with E-state index in [1.54, 1.807) is 19.0 Å². The van der Waals surface area contributed by atoms with Crippen LogP contribution in [-0.4, -0.2) is 50.4 Å². The second-order valence-electron chi connectivity index (χ2n) is 7.75. The van der Waals surface area contributed by atoms with Crippen molar-refractivity contribution in [1.82, 2.24) is 10.2 Å². The first-order valence-corrected chi connectivity index (χ1v) is 10.3. The van der Waals surface area contributed by atoms with Crippen molar-refractivity contribution in [2.45, 2.75) is 25.4 Å². The van der Waals surface area contributed by atoms with Gasteiger partial charge in [0.15, 0.2) is 0 Å². The van der Waals surface area contributed by atoms with Crippen LogP contribution in [-0.2, 0) is 4.79 Å². The molecule has 1 saturated heterocycles. The summed E-state index contributed by atoms with van der Waals surface area (Å²) in [5.41, 5.74) is 3.64. The zero-order valence-electron chi connectivity index (χ0n) is 17.1. The quantitative estimate of drug-likeness (QED) is 0.869. The molecule has 1 fully saturated rings. The predicted molar refractivity (Wildman–Crippen MR) is 115 cm³/mol. The molecule has 2 heterocycles. The molecule has 0 spiro atoms. The molecule has 152 valence electrons. The molecule has 0 aromatic heterocycles. The number of piperidine rings is 1. The van der Waals surface area contributed by atoms with Crippen LogP contribution in [0.1, 0.15) is 41.3 Å². The number of anilines is 2. The molecule has 2 aliphatic rings. The van der Waals surface area contributed by atoms with Crippen LogP contribution in [0.25, 0.3) is 0 Å². The van der Waals surface area contributed by atoms with Crippen molar-refractivity contribution in [1.29, 1.82) is 0 Å². The largest absolute Gasteiger partial charge is 0.372 e. The molecule has 0 aliphatic carbocycles. The smallest absolute Gasteiger partial charge is 0.257 e. The highest BCUT2D eigenvalue weighted by Gasteiger charge is 2.37. The molecule has 6 heteroatoms. The second kappa shape index (κ2) is 8.15. The minimum atomic E-state index is -0.329. The lowest BCUT2D eigenvalue weighted by atomic mass is 10.0. The summed E-state index contributed by atoms with van der Waals surface area (Å²) in [4.78, 5) is 31.4. The Morgan fingerprint density at radius 2 is 1.72 bits per heavy atom. The molecule has 1 N–H and O–H groups in total. The molecular formula is C23H28N4O2. The molecular weight excluding hydrogens is 364 g/mol. The minimum Gasteiger partial charge on any atom is -0.372 e. The lowest BCUT2D eigenvalue weighted by Gasteiger charge is -2.44. The van der Waals surface area contributed by atoms with Gasteiger partial charge in [-0.15, -0.1) is 0 Å². The van der Waals surface area contributed by atoms with Crippen LogP contribution < -0.4 is 15.1 Å². The number of nitrogens with zero attached hydrogens (tertiary/aromatic N) is 3. The topological polar surface area (TPSA) is 55.9 Å². The molecule has 4 rings (SSSR count). The normalized spacial score (nSPS) is 19.2. The van der Waals surface area contributed by atoms with Crippen molar-refractivity contribution >= 4 is 23.2 Å². The van der Waals surface area contributed by atoms with E-state index in [-0.39, 0.29) is 24.5 Å². The maximum Gasteiger partial charge on any atom is 0.257 e. The third-order valence-electron chi connectivity index (χ3n) is 5.93. The lowest BCUT2D eigenvalue weighted by Crippen LogP contribution is -2.50. The van der Waals surface area contributed by atoms with Gasteiger partial charge in [0.2, 0.25) is 5.91 Å². The Bertz CT molecular complexity index is 890. The number of likely N-dealkylation sites (N-methyl/N-ethyl adjacent to an activating group) is 1. The van der Waals surface area contributed by atoms with Crippen LogP contribution >= 0.6 is 0 Å². The molecule has 6 nitrogen and oxygen atoms in total. The molecule has 2 aliphatic heterocycles. The minimum absolute atomic E-state index is 0.0288. The van der Waals surface area contributed by atoms with Gasteiger partial charge in [0, 0.05) is 32.9 Å². The van der Waals surface area contributed by atoms with Gasteiger partial charge in [-0.05, 0) is 49.1 Å². The molecule has 1 atom stereocenters. The molecule has 2 aromatic rings. The number of nitrogens with one attached hydrogen (secondary N) is 1. The molecule has 0 radical (unpaired) electrons.